The van der Waals surface area contributed by atoms with Gasteiger partial charge in [-0.05, 0) is 79.1 Å². The van der Waals surface area contributed by atoms with Gasteiger partial charge in [0.05, 0.1) is 16.4 Å². The zero-order chi connectivity index (χ0) is 26.6. The Morgan fingerprint density at radius 1 is 1.05 bits per heavy atom. The van der Waals surface area contributed by atoms with Crippen LogP contribution < -0.4 is 5.56 Å². The van der Waals surface area contributed by atoms with Crippen molar-refractivity contribution in [1.29, 1.82) is 0 Å². The molecule has 0 spiro atoms. The molecule has 37 heavy (non-hydrogen) atoms. The molecule has 5 rings (SSSR count). The average Bonchev–Trinajstić information content (AvgIpc) is 3.63. The SMILES string of the molecule is Cc1cnc(-c2cccc(S(C)(=O)=O)c2F)cc1-n1c(C)cc([C@@H]2CC2c2cncc(Cl)c2)c(Cl)c1=O. The zero-order valence-electron chi connectivity index (χ0n) is 20.2. The summed E-state index contributed by atoms with van der Waals surface area (Å²) in [7, 11) is -3.77. The molecule has 4 aromatic rings. The molecule has 1 saturated carbocycles. The van der Waals surface area contributed by atoms with Crippen LogP contribution in [0, 0.1) is 19.7 Å². The van der Waals surface area contributed by atoms with Crippen LogP contribution in [-0.2, 0) is 9.84 Å². The monoisotopic (exact) mass is 557 g/mol. The molecular formula is C27H22Cl2FN3O3S. The molecule has 1 fully saturated rings. The molecule has 0 aliphatic heterocycles. The molecule has 3 heterocycles. The van der Waals surface area contributed by atoms with Gasteiger partial charge in [-0.1, -0.05) is 29.3 Å². The topological polar surface area (TPSA) is 81.9 Å². The maximum atomic E-state index is 15.1. The van der Waals surface area contributed by atoms with E-state index in [1.807, 2.05) is 19.1 Å². The van der Waals surface area contributed by atoms with E-state index in [0.29, 0.717) is 22.0 Å². The first-order valence-corrected chi connectivity index (χ1v) is 14.1. The molecule has 1 aliphatic rings. The Hall–Kier alpha value is -3.07. The Balaban J connectivity index is 1.58. The van der Waals surface area contributed by atoms with Crippen LogP contribution >= 0.6 is 23.2 Å². The van der Waals surface area contributed by atoms with E-state index in [0.717, 1.165) is 23.8 Å². The van der Waals surface area contributed by atoms with Crippen molar-refractivity contribution in [3.05, 3.63) is 104 Å². The number of nitrogens with zero attached hydrogens (tertiary/aromatic N) is 3. The van der Waals surface area contributed by atoms with Crippen molar-refractivity contribution in [1.82, 2.24) is 14.5 Å². The molecule has 1 aromatic carbocycles. The Morgan fingerprint density at radius 3 is 2.51 bits per heavy atom. The van der Waals surface area contributed by atoms with Crippen LogP contribution in [-0.4, -0.2) is 29.2 Å². The number of aryl methyl sites for hydroxylation is 2. The second-order valence-corrected chi connectivity index (χ2v) is 12.1. The number of sulfone groups is 1. The van der Waals surface area contributed by atoms with Gasteiger partial charge in [-0.25, -0.2) is 12.8 Å². The number of benzene rings is 1. The maximum absolute atomic E-state index is 15.1. The highest BCUT2D eigenvalue weighted by Gasteiger charge is 2.42. The fourth-order valence-corrected chi connectivity index (χ4v) is 5.96. The van der Waals surface area contributed by atoms with Crippen LogP contribution in [0.3, 0.4) is 0 Å². The zero-order valence-corrected chi connectivity index (χ0v) is 22.5. The van der Waals surface area contributed by atoms with Crippen molar-refractivity contribution in [2.75, 3.05) is 6.26 Å². The summed E-state index contributed by atoms with van der Waals surface area (Å²) in [6.07, 6.45) is 6.66. The van der Waals surface area contributed by atoms with Gasteiger partial charge in [0.1, 0.15) is 9.92 Å². The van der Waals surface area contributed by atoms with Crippen LogP contribution in [0.2, 0.25) is 10.0 Å². The molecule has 6 nitrogen and oxygen atoms in total. The molecule has 3 aromatic heterocycles. The number of hydrogen-bond donors (Lipinski definition) is 0. The fraction of sp³-hybridized carbons (Fsp3) is 0.222. The lowest BCUT2D eigenvalue weighted by Crippen LogP contribution is -2.23. The van der Waals surface area contributed by atoms with E-state index >= 15 is 4.39 Å². The lowest BCUT2D eigenvalue weighted by Gasteiger charge is -2.17. The van der Waals surface area contributed by atoms with E-state index in [-0.39, 0.29) is 28.1 Å². The number of hydrogen-bond acceptors (Lipinski definition) is 5. The van der Waals surface area contributed by atoms with Gasteiger partial charge in [0.2, 0.25) is 0 Å². The molecule has 0 saturated heterocycles. The minimum atomic E-state index is -3.77. The smallest absolute Gasteiger partial charge is 0.274 e. The molecule has 1 aliphatic carbocycles. The molecule has 0 bridgehead atoms. The summed E-state index contributed by atoms with van der Waals surface area (Å²) in [5.41, 5.74) is 3.41. The predicted octanol–water partition coefficient (Wildman–Crippen LogP) is 6.03. The summed E-state index contributed by atoms with van der Waals surface area (Å²) in [5.74, 6) is -0.631. The summed E-state index contributed by atoms with van der Waals surface area (Å²) in [4.78, 5) is 21.6. The van der Waals surface area contributed by atoms with Gasteiger partial charge in [-0.2, -0.15) is 0 Å². The molecule has 190 valence electrons. The van der Waals surface area contributed by atoms with Gasteiger partial charge in [-0.3, -0.25) is 19.3 Å². The lowest BCUT2D eigenvalue weighted by atomic mass is 10.0. The molecule has 0 amide bonds. The van der Waals surface area contributed by atoms with Crippen LogP contribution in [0.1, 0.15) is 40.6 Å². The van der Waals surface area contributed by atoms with Gasteiger partial charge in [0.25, 0.3) is 5.56 Å². The second-order valence-electron chi connectivity index (χ2n) is 9.33. The van der Waals surface area contributed by atoms with Gasteiger partial charge >= 0.3 is 0 Å². The largest absolute Gasteiger partial charge is 0.280 e. The van der Waals surface area contributed by atoms with Crippen molar-refractivity contribution in [2.24, 2.45) is 0 Å². The standard InChI is InChI=1S/C27H22Cl2FN3O3S/c1-14-11-32-22(18-5-4-6-24(26(18)30)37(3,35)36)10-23(14)33-15(2)7-21(25(29)27(33)34)20-9-19(20)16-8-17(28)13-31-12-16/h4-8,10-13,19-20H,9H2,1-3H3/t19?,20-/m1/s1. The summed E-state index contributed by atoms with van der Waals surface area (Å²) < 4.78 is 40.6. The van der Waals surface area contributed by atoms with Gasteiger partial charge < -0.3 is 0 Å². The highest BCUT2D eigenvalue weighted by atomic mass is 35.5. The molecule has 1 unspecified atom stereocenters. The van der Waals surface area contributed by atoms with Gasteiger partial charge in [0, 0.05) is 36.1 Å². The predicted molar refractivity (Wildman–Crippen MR) is 142 cm³/mol. The van der Waals surface area contributed by atoms with Crippen molar-refractivity contribution >= 4 is 33.0 Å². The Bertz CT molecular complexity index is 1740. The Kier molecular flexibility index (Phi) is 6.46. The molecule has 0 radical (unpaired) electrons. The van der Waals surface area contributed by atoms with E-state index in [1.165, 1.54) is 29.0 Å². The Morgan fingerprint density at radius 2 is 1.81 bits per heavy atom. The molecule has 0 N–H and O–H groups in total. The normalized spacial score (nSPS) is 17.1. The Labute approximate surface area is 223 Å². The van der Waals surface area contributed by atoms with E-state index in [1.54, 1.807) is 25.4 Å². The second kappa shape index (κ2) is 9.35. The third kappa shape index (κ3) is 4.69. The molecule has 10 heteroatoms. The quantitative estimate of drug-likeness (QED) is 0.299. The summed E-state index contributed by atoms with van der Waals surface area (Å²) in [6, 6.07) is 9.47. The highest BCUT2D eigenvalue weighted by Crippen LogP contribution is 2.56. The van der Waals surface area contributed by atoms with Crippen LogP contribution in [0.5, 0.6) is 0 Å². The lowest BCUT2D eigenvalue weighted by molar-refractivity contribution is 0.572. The summed E-state index contributed by atoms with van der Waals surface area (Å²) in [5, 5.41) is 0.680. The number of aromatic nitrogens is 3. The van der Waals surface area contributed by atoms with E-state index in [9.17, 15) is 13.2 Å². The first-order chi connectivity index (χ1) is 17.5. The molecule has 2 atom stereocenters. The average molecular weight is 558 g/mol. The van der Waals surface area contributed by atoms with E-state index in [4.69, 9.17) is 23.2 Å². The fourth-order valence-electron chi connectivity index (χ4n) is 4.74. The van der Waals surface area contributed by atoms with Crippen molar-refractivity contribution in [3.63, 3.8) is 0 Å². The van der Waals surface area contributed by atoms with E-state index < -0.39 is 26.1 Å². The van der Waals surface area contributed by atoms with E-state index in [2.05, 4.69) is 9.97 Å². The third-order valence-corrected chi connectivity index (χ3v) is 8.36. The summed E-state index contributed by atoms with van der Waals surface area (Å²) >= 11 is 12.7. The molecular weight excluding hydrogens is 536 g/mol. The first-order valence-electron chi connectivity index (χ1n) is 11.5. The van der Waals surface area contributed by atoms with Crippen molar-refractivity contribution in [3.8, 4) is 16.9 Å². The minimum Gasteiger partial charge on any atom is -0.280 e. The third-order valence-electron chi connectivity index (χ3n) is 6.66. The number of pyridine rings is 3. The highest BCUT2D eigenvalue weighted by molar-refractivity contribution is 7.90. The number of rotatable bonds is 5. The van der Waals surface area contributed by atoms with Crippen LogP contribution in [0.15, 0.2) is 64.7 Å². The van der Waals surface area contributed by atoms with Crippen LogP contribution in [0.25, 0.3) is 16.9 Å². The first kappa shape index (κ1) is 25.6. The maximum Gasteiger partial charge on any atom is 0.274 e. The summed E-state index contributed by atoms with van der Waals surface area (Å²) in [6.45, 7) is 3.59. The van der Waals surface area contributed by atoms with Crippen molar-refractivity contribution in [2.45, 2.75) is 37.0 Å². The van der Waals surface area contributed by atoms with Gasteiger partial charge in [-0.15, -0.1) is 0 Å². The van der Waals surface area contributed by atoms with Crippen molar-refractivity contribution < 1.29 is 12.8 Å². The number of halogens is 3. The van der Waals surface area contributed by atoms with Gasteiger partial charge in [0.15, 0.2) is 15.7 Å². The minimum absolute atomic E-state index is 0.0218. The van der Waals surface area contributed by atoms with Crippen LogP contribution in [0.4, 0.5) is 4.39 Å².